The molecule has 0 unspecified atom stereocenters. The van der Waals surface area contributed by atoms with Gasteiger partial charge in [-0.15, -0.1) is 0 Å². The summed E-state index contributed by atoms with van der Waals surface area (Å²) in [5.41, 5.74) is -0.421. The van der Waals surface area contributed by atoms with Crippen LogP contribution >= 0.6 is 0 Å². The number of anilines is 1. The second-order valence-corrected chi connectivity index (χ2v) is 9.59. The summed E-state index contributed by atoms with van der Waals surface area (Å²) in [4.78, 5) is 27.0. The van der Waals surface area contributed by atoms with Crippen LogP contribution in [-0.2, 0) is 32.2 Å². The van der Waals surface area contributed by atoms with E-state index < -0.39 is 46.2 Å². The number of hydrogen-bond acceptors (Lipinski definition) is 4. The van der Waals surface area contributed by atoms with E-state index in [0.717, 1.165) is 24.0 Å². The van der Waals surface area contributed by atoms with Crippen LogP contribution in [0.1, 0.15) is 24.5 Å². The Balaban J connectivity index is 2.39. The first-order valence-electron chi connectivity index (χ1n) is 10.6. The second kappa shape index (κ2) is 11.4. The molecule has 0 aliphatic rings. The van der Waals surface area contributed by atoms with Gasteiger partial charge >= 0.3 is 6.18 Å². The summed E-state index contributed by atoms with van der Waals surface area (Å²) < 4.78 is 65.0. The third kappa shape index (κ3) is 7.21. The molecule has 1 atom stereocenters. The number of likely N-dealkylation sites (N-methyl/N-ethyl adjacent to an activating group) is 1. The Kier molecular flexibility index (Phi) is 9.08. The highest BCUT2D eigenvalue weighted by molar-refractivity contribution is 7.92. The van der Waals surface area contributed by atoms with Crippen molar-refractivity contribution in [2.75, 3.05) is 30.7 Å². The number of nitrogens with one attached hydrogen (secondary N) is 1. The molecule has 34 heavy (non-hydrogen) atoms. The van der Waals surface area contributed by atoms with E-state index >= 15 is 0 Å². The molecule has 7 nitrogen and oxygen atoms in total. The molecule has 2 aromatic carbocycles. The summed E-state index contributed by atoms with van der Waals surface area (Å²) >= 11 is 0. The van der Waals surface area contributed by atoms with Gasteiger partial charge in [-0.25, -0.2) is 8.42 Å². The van der Waals surface area contributed by atoms with Crippen molar-refractivity contribution in [3.63, 3.8) is 0 Å². The van der Waals surface area contributed by atoms with Gasteiger partial charge in [0.15, 0.2) is 0 Å². The Hall–Kier alpha value is -3.08. The third-order valence-electron chi connectivity index (χ3n) is 5.26. The lowest BCUT2D eigenvalue weighted by Crippen LogP contribution is -2.52. The van der Waals surface area contributed by atoms with Crippen molar-refractivity contribution in [3.8, 4) is 0 Å². The van der Waals surface area contributed by atoms with E-state index in [9.17, 15) is 31.2 Å². The molecule has 0 radical (unpaired) electrons. The van der Waals surface area contributed by atoms with E-state index in [2.05, 4.69) is 5.32 Å². The average molecular weight is 500 g/mol. The summed E-state index contributed by atoms with van der Waals surface area (Å²) in [6, 6.07) is 12.1. The number of nitrogens with zero attached hydrogens (tertiary/aromatic N) is 2. The minimum Gasteiger partial charge on any atom is -0.357 e. The van der Waals surface area contributed by atoms with Crippen molar-refractivity contribution in [1.29, 1.82) is 0 Å². The first-order valence-corrected chi connectivity index (χ1v) is 12.4. The van der Waals surface area contributed by atoms with E-state index in [1.54, 1.807) is 6.92 Å². The molecule has 2 rings (SSSR count). The number of carbonyl (C=O) groups excluding carboxylic acids is 2. The third-order valence-corrected chi connectivity index (χ3v) is 6.40. The number of benzene rings is 2. The summed E-state index contributed by atoms with van der Waals surface area (Å²) in [6.07, 6.45) is -3.20. The normalized spacial score (nSPS) is 12.6. The van der Waals surface area contributed by atoms with Crippen molar-refractivity contribution in [2.45, 2.75) is 32.0 Å². The molecule has 0 aliphatic carbocycles. The lowest BCUT2D eigenvalue weighted by Gasteiger charge is -2.32. The first-order chi connectivity index (χ1) is 15.9. The molecule has 186 valence electrons. The van der Waals surface area contributed by atoms with Crippen LogP contribution in [0.5, 0.6) is 0 Å². The maximum atomic E-state index is 13.3. The number of rotatable bonds is 10. The Morgan fingerprint density at radius 1 is 1.06 bits per heavy atom. The highest BCUT2D eigenvalue weighted by Crippen LogP contribution is 2.32. The summed E-state index contributed by atoms with van der Waals surface area (Å²) in [6.45, 7) is 1.08. The fourth-order valence-electron chi connectivity index (χ4n) is 3.51. The van der Waals surface area contributed by atoms with Crippen LogP contribution in [0.2, 0.25) is 0 Å². The van der Waals surface area contributed by atoms with Crippen LogP contribution in [0, 0.1) is 0 Å². The fourth-order valence-corrected chi connectivity index (χ4v) is 4.36. The molecular formula is C23H28F3N3O4S. The number of sulfonamides is 1. The molecule has 0 bridgehead atoms. The van der Waals surface area contributed by atoms with Gasteiger partial charge in [-0.3, -0.25) is 13.9 Å². The van der Waals surface area contributed by atoms with Crippen molar-refractivity contribution in [3.05, 3.63) is 65.7 Å². The predicted molar refractivity (Wildman–Crippen MR) is 124 cm³/mol. The van der Waals surface area contributed by atoms with Gasteiger partial charge in [-0.1, -0.05) is 43.3 Å². The molecule has 11 heteroatoms. The van der Waals surface area contributed by atoms with E-state index in [0.29, 0.717) is 16.8 Å². The maximum absolute atomic E-state index is 13.3. The molecule has 0 saturated heterocycles. The van der Waals surface area contributed by atoms with Gasteiger partial charge < -0.3 is 10.2 Å². The SMILES string of the molecule is CC[C@@H](C(=O)NC)N(CCc1ccccc1)C(=O)CN(c1cccc(C(F)(F)F)c1)S(C)(=O)=O. The Bertz CT molecular complexity index is 1090. The van der Waals surface area contributed by atoms with E-state index in [1.807, 2.05) is 30.3 Å². The standard InChI is InChI=1S/C23H28F3N3O4S/c1-4-20(22(31)27-2)28(14-13-17-9-6-5-7-10-17)21(30)16-29(34(3,32)33)19-12-8-11-18(15-19)23(24,25)26/h5-12,15,20H,4,13-14,16H2,1-3H3,(H,27,31)/t20-/m0/s1. The molecule has 0 aromatic heterocycles. The molecule has 0 fully saturated rings. The number of halogens is 3. The van der Waals surface area contributed by atoms with E-state index in [4.69, 9.17) is 0 Å². The molecule has 2 aromatic rings. The highest BCUT2D eigenvalue weighted by atomic mass is 32.2. The Morgan fingerprint density at radius 2 is 1.71 bits per heavy atom. The zero-order chi connectivity index (χ0) is 25.5. The summed E-state index contributed by atoms with van der Waals surface area (Å²) in [5, 5.41) is 2.50. The van der Waals surface area contributed by atoms with Gasteiger partial charge in [0.25, 0.3) is 0 Å². The monoisotopic (exact) mass is 499 g/mol. The average Bonchev–Trinajstić information content (AvgIpc) is 2.79. The largest absolute Gasteiger partial charge is 0.416 e. The van der Waals surface area contributed by atoms with Gasteiger partial charge in [0.05, 0.1) is 17.5 Å². The van der Waals surface area contributed by atoms with Crippen molar-refractivity contribution < 1.29 is 31.2 Å². The van der Waals surface area contributed by atoms with Crippen LogP contribution in [0.3, 0.4) is 0 Å². The van der Waals surface area contributed by atoms with Crippen molar-refractivity contribution in [1.82, 2.24) is 10.2 Å². The van der Waals surface area contributed by atoms with Crippen LogP contribution in [0.4, 0.5) is 18.9 Å². The smallest absolute Gasteiger partial charge is 0.357 e. The first kappa shape index (κ1) is 27.2. The number of amides is 2. The van der Waals surface area contributed by atoms with Crippen LogP contribution in [0.25, 0.3) is 0 Å². The highest BCUT2D eigenvalue weighted by Gasteiger charge is 2.34. The predicted octanol–water partition coefficient (Wildman–Crippen LogP) is 3.07. The lowest BCUT2D eigenvalue weighted by molar-refractivity contribution is -0.139. The van der Waals surface area contributed by atoms with Crippen LogP contribution in [-0.4, -0.2) is 57.6 Å². The zero-order valence-electron chi connectivity index (χ0n) is 19.2. The van der Waals surface area contributed by atoms with Crippen LogP contribution < -0.4 is 9.62 Å². The van der Waals surface area contributed by atoms with Crippen molar-refractivity contribution in [2.24, 2.45) is 0 Å². The van der Waals surface area contributed by atoms with Crippen LogP contribution in [0.15, 0.2) is 54.6 Å². The number of alkyl halides is 3. The Morgan fingerprint density at radius 3 is 2.24 bits per heavy atom. The molecular weight excluding hydrogens is 471 g/mol. The minimum absolute atomic E-state index is 0.120. The fraction of sp³-hybridized carbons (Fsp3) is 0.391. The van der Waals surface area contributed by atoms with Gasteiger partial charge in [-0.2, -0.15) is 13.2 Å². The van der Waals surface area contributed by atoms with Gasteiger partial charge in [0.2, 0.25) is 21.8 Å². The van der Waals surface area contributed by atoms with E-state index in [-0.39, 0.29) is 18.7 Å². The number of carbonyl (C=O) groups is 2. The van der Waals surface area contributed by atoms with Gasteiger partial charge in [0, 0.05) is 13.6 Å². The molecule has 1 N–H and O–H groups in total. The lowest BCUT2D eigenvalue weighted by atomic mass is 10.1. The molecule has 0 heterocycles. The minimum atomic E-state index is -4.68. The second-order valence-electron chi connectivity index (χ2n) is 7.68. The molecule has 2 amide bonds. The van der Waals surface area contributed by atoms with Gasteiger partial charge in [-0.05, 0) is 36.6 Å². The molecule has 0 aliphatic heterocycles. The van der Waals surface area contributed by atoms with Crippen molar-refractivity contribution >= 4 is 27.5 Å². The Labute approximate surface area is 197 Å². The van der Waals surface area contributed by atoms with Gasteiger partial charge in [0.1, 0.15) is 12.6 Å². The summed E-state index contributed by atoms with van der Waals surface area (Å²) in [5.74, 6) is -1.12. The summed E-state index contributed by atoms with van der Waals surface area (Å²) in [7, 11) is -2.69. The topological polar surface area (TPSA) is 86.8 Å². The van der Waals surface area contributed by atoms with E-state index in [1.165, 1.54) is 18.0 Å². The molecule has 0 spiro atoms. The molecule has 0 saturated carbocycles. The quantitative estimate of drug-likeness (QED) is 0.545. The zero-order valence-corrected chi connectivity index (χ0v) is 20.0. The maximum Gasteiger partial charge on any atom is 0.416 e. The number of hydrogen-bond donors (Lipinski definition) is 1.